The van der Waals surface area contributed by atoms with Crippen LogP contribution < -0.4 is 4.74 Å². The van der Waals surface area contributed by atoms with E-state index in [1.807, 2.05) is 0 Å². The second-order valence-corrected chi connectivity index (χ2v) is 7.71. The van der Waals surface area contributed by atoms with Crippen LogP contribution in [0.2, 0.25) is 0 Å². The summed E-state index contributed by atoms with van der Waals surface area (Å²) in [5, 5.41) is 20.0. The lowest BCUT2D eigenvalue weighted by Crippen LogP contribution is -2.09. The highest BCUT2D eigenvalue weighted by Gasteiger charge is 2.20. The zero-order valence-corrected chi connectivity index (χ0v) is 18.1. The number of aromatic carboxylic acids is 1. The summed E-state index contributed by atoms with van der Waals surface area (Å²) in [6.07, 6.45) is 15.8. The van der Waals surface area contributed by atoms with Crippen LogP contribution in [0.3, 0.4) is 0 Å². The van der Waals surface area contributed by atoms with E-state index in [1.54, 1.807) is 0 Å². The third-order valence-electron chi connectivity index (χ3n) is 5.11. The highest BCUT2D eigenvalue weighted by Crippen LogP contribution is 2.28. The number of hydrogen-bond donors (Lipinski definition) is 1. The van der Waals surface area contributed by atoms with Crippen LogP contribution in [-0.4, -0.2) is 22.0 Å². The normalized spacial score (nSPS) is 10.7. The Balaban J connectivity index is 2.14. The molecule has 7 nitrogen and oxygen atoms in total. The molecule has 0 aliphatic heterocycles. The minimum absolute atomic E-state index is 0.190. The number of nitro benzene ring substituents is 1. The lowest BCUT2D eigenvalue weighted by molar-refractivity contribution is -0.385. The van der Waals surface area contributed by atoms with Crippen molar-refractivity contribution in [3.63, 3.8) is 0 Å². The fourth-order valence-electron chi connectivity index (χ4n) is 3.34. The maximum absolute atomic E-state index is 11.9. The molecule has 0 unspecified atom stereocenters. The fraction of sp³-hybridized carbons (Fsp3) is 0.652. The molecular weight excluding hydrogens is 386 g/mol. The van der Waals surface area contributed by atoms with Gasteiger partial charge in [-0.3, -0.25) is 14.9 Å². The molecule has 1 N–H and O–H groups in total. The number of carboxylic acid groups (broad SMARTS) is 1. The van der Waals surface area contributed by atoms with Gasteiger partial charge in [-0.1, -0.05) is 84.0 Å². The van der Waals surface area contributed by atoms with Crippen molar-refractivity contribution in [1.82, 2.24) is 0 Å². The van der Waals surface area contributed by atoms with Crippen LogP contribution in [0.5, 0.6) is 5.75 Å². The van der Waals surface area contributed by atoms with E-state index in [2.05, 4.69) is 6.92 Å². The number of hydrogen-bond acceptors (Lipinski definition) is 5. The average Bonchev–Trinajstić information content (AvgIpc) is 2.71. The van der Waals surface area contributed by atoms with Gasteiger partial charge in [0.05, 0.1) is 10.5 Å². The van der Waals surface area contributed by atoms with E-state index in [4.69, 9.17) is 9.84 Å². The molecule has 0 spiro atoms. The summed E-state index contributed by atoms with van der Waals surface area (Å²) >= 11 is 0. The van der Waals surface area contributed by atoms with Crippen LogP contribution in [-0.2, 0) is 4.79 Å². The van der Waals surface area contributed by atoms with Gasteiger partial charge < -0.3 is 9.84 Å². The van der Waals surface area contributed by atoms with Gasteiger partial charge in [-0.05, 0) is 18.6 Å². The topological polar surface area (TPSA) is 107 Å². The van der Waals surface area contributed by atoms with Crippen LogP contribution in [0, 0.1) is 10.1 Å². The van der Waals surface area contributed by atoms with Crippen molar-refractivity contribution in [2.45, 2.75) is 96.8 Å². The molecule has 168 valence electrons. The molecule has 0 bridgehead atoms. The molecule has 0 radical (unpaired) electrons. The quantitative estimate of drug-likeness (QED) is 0.0988. The zero-order valence-electron chi connectivity index (χ0n) is 18.1. The highest BCUT2D eigenvalue weighted by atomic mass is 16.6. The van der Waals surface area contributed by atoms with E-state index >= 15 is 0 Å². The summed E-state index contributed by atoms with van der Waals surface area (Å²) in [6.45, 7) is 2.23. The van der Waals surface area contributed by atoms with Crippen molar-refractivity contribution >= 4 is 17.6 Å². The molecule has 0 aliphatic carbocycles. The van der Waals surface area contributed by atoms with Gasteiger partial charge >= 0.3 is 17.6 Å². The molecule has 1 aromatic rings. The van der Waals surface area contributed by atoms with Crippen molar-refractivity contribution in [3.8, 4) is 5.75 Å². The van der Waals surface area contributed by atoms with Gasteiger partial charge in [-0.15, -0.1) is 0 Å². The maximum Gasteiger partial charge on any atom is 0.335 e. The van der Waals surface area contributed by atoms with E-state index in [1.165, 1.54) is 63.9 Å². The Kier molecular flexibility index (Phi) is 13.1. The summed E-state index contributed by atoms with van der Waals surface area (Å²) in [7, 11) is 0. The molecule has 0 heterocycles. The van der Waals surface area contributed by atoms with E-state index < -0.39 is 22.5 Å². The second-order valence-electron chi connectivity index (χ2n) is 7.71. The summed E-state index contributed by atoms with van der Waals surface area (Å²) in [6, 6.07) is 3.24. The average molecular weight is 422 g/mol. The molecule has 0 atom stereocenters. The van der Waals surface area contributed by atoms with Gasteiger partial charge in [0, 0.05) is 12.5 Å². The number of benzene rings is 1. The van der Waals surface area contributed by atoms with Crippen molar-refractivity contribution < 1.29 is 24.4 Å². The van der Waals surface area contributed by atoms with Gasteiger partial charge in [0.15, 0.2) is 0 Å². The molecule has 0 aromatic heterocycles. The van der Waals surface area contributed by atoms with E-state index in [9.17, 15) is 19.7 Å². The molecule has 0 amide bonds. The van der Waals surface area contributed by atoms with Crippen LogP contribution >= 0.6 is 0 Å². The molecule has 0 fully saturated rings. The first-order valence-corrected chi connectivity index (χ1v) is 11.2. The first-order chi connectivity index (χ1) is 14.5. The van der Waals surface area contributed by atoms with Gasteiger partial charge in [0.2, 0.25) is 5.75 Å². The summed E-state index contributed by atoms with van der Waals surface area (Å²) < 4.78 is 5.08. The van der Waals surface area contributed by atoms with Gasteiger partial charge in [0.25, 0.3) is 0 Å². The lowest BCUT2D eigenvalue weighted by Gasteiger charge is -2.06. The number of carbonyl (C=O) groups is 2. The number of ether oxygens (including phenoxy) is 1. The molecule has 7 heteroatoms. The van der Waals surface area contributed by atoms with Crippen LogP contribution in [0.25, 0.3) is 0 Å². The fourth-order valence-corrected chi connectivity index (χ4v) is 3.34. The number of esters is 1. The standard InChI is InChI=1S/C23H35NO6/c1-2-3-4-5-6-7-8-9-10-11-12-13-14-15-22(25)30-21-17-16-19(23(26)27)18-20(21)24(28)29/h16-18H,2-15H2,1H3,(H,26,27). The van der Waals surface area contributed by atoms with Gasteiger partial charge in [0.1, 0.15) is 0 Å². The Morgan fingerprint density at radius 2 is 1.40 bits per heavy atom. The van der Waals surface area contributed by atoms with Crippen molar-refractivity contribution in [2.24, 2.45) is 0 Å². The Morgan fingerprint density at radius 1 is 0.900 bits per heavy atom. The second kappa shape index (κ2) is 15.4. The highest BCUT2D eigenvalue weighted by molar-refractivity contribution is 5.89. The number of carbonyl (C=O) groups excluding carboxylic acids is 1. The third kappa shape index (κ3) is 10.9. The van der Waals surface area contributed by atoms with Crippen molar-refractivity contribution in [1.29, 1.82) is 0 Å². The van der Waals surface area contributed by atoms with Crippen LogP contribution in [0.4, 0.5) is 5.69 Å². The Bertz CT molecular complexity index is 674. The van der Waals surface area contributed by atoms with Crippen molar-refractivity contribution in [3.05, 3.63) is 33.9 Å². The SMILES string of the molecule is CCCCCCCCCCCCCCCC(=O)Oc1ccc(C(=O)O)cc1[N+](=O)[O-]. The van der Waals surface area contributed by atoms with Gasteiger partial charge in [-0.25, -0.2) is 4.79 Å². The molecule has 30 heavy (non-hydrogen) atoms. The smallest absolute Gasteiger partial charge is 0.335 e. The van der Waals surface area contributed by atoms with Crippen molar-refractivity contribution in [2.75, 3.05) is 0 Å². The van der Waals surface area contributed by atoms with Crippen LogP contribution in [0.15, 0.2) is 18.2 Å². The maximum atomic E-state index is 11.9. The summed E-state index contributed by atoms with van der Waals surface area (Å²) in [5.74, 6) is -2.03. The monoisotopic (exact) mass is 421 g/mol. The number of nitrogens with zero attached hydrogens (tertiary/aromatic N) is 1. The Hall–Kier alpha value is -2.44. The van der Waals surface area contributed by atoms with Gasteiger partial charge in [-0.2, -0.15) is 0 Å². The molecule has 1 aromatic carbocycles. The molecule has 1 rings (SSSR count). The number of carboxylic acids is 1. The Labute approximate surface area is 179 Å². The molecule has 0 saturated carbocycles. The summed E-state index contributed by atoms with van der Waals surface area (Å²) in [5.41, 5.74) is -0.744. The third-order valence-corrected chi connectivity index (χ3v) is 5.11. The van der Waals surface area contributed by atoms with E-state index in [-0.39, 0.29) is 17.7 Å². The van der Waals surface area contributed by atoms with E-state index in [0.29, 0.717) is 6.42 Å². The summed E-state index contributed by atoms with van der Waals surface area (Å²) in [4.78, 5) is 33.2. The molecule has 0 saturated heterocycles. The largest absolute Gasteiger partial charge is 0.478 e. The number of unbranched alkanes of at least 4 members (excludes halogenated alkanes) is 12. The van der Waals surface area contributed by atoms with E-state index in [0.717, 1.165) is 31.4 Å². The first-order valence-electron chi connectivity index (χ1n) is 11.2. The lowest BCUT2D eigenvalue weighted by atomic mass is 10.0. The first kappa shape index (κ1) is 25.6. The molecule has 0 aliphatic rings. The predicted octanol–water partition coefficient (Wildman–Crippen LogP) is 6.68. The number of rotatable bonds is 17. The zero-order chi connectivity index (χ0) is 22.2. The predicted molar refractivity (Wildman–Crippen MR) is 116 cm³/mol. The van der Waals surface area contributed by atoms with Crippen LogP contribution in [0.1, 0.15) is 107 Å². The minimum atomic E-state index is -1.28. The minimum Gasteiger partial charge on any atom is -0.478 e. The molecular formula is C23H35NO6. The Morgan fingerprint density at radius 3 is 1.87 bits per heavy atom. The number of nitro groups is 1.